The minimum Gasteiger partial charge on any atom is -0.480 e. The predicted octanol–water partition coefficient (Wildman–Crippen LogP) is 1.10. The lowest BCUT2D eigenvalue weighted by molar-refractivity contribution is -0.119. The number of nitrogens with one attached hydrogen (secondary N) is 1. The maximum Gasteiger partial charge on any atom is 0.254 e. The van der Waals surface area contributed by atoms with E-state index in [0.29, 0.717) is 12.1 Å². The third kappa shape index (κ3) is 4.72. The first-order chi connectivity index (χ1) is 9.51. The number of nitrogens with zero attached hydrogens (tertiary/aromatic N) is 1. The van der Waals surface area contributed by atoms with Gasteiger partial charge in [0.05, 0.1) is 19.0 Å². The number of nitrogens with two attached hydrogens (primary N) is 2. The van der Waals surface area contributed by atoms with Gasteiger partial charge in [-0.2, -0.15) is 0 Å². The zero-order valence-electron chi connectivity index (χ0n) is 12.1. The quantitative estimate of drug-likeness (QED) is 0.750. The van der Waals surface area contributed by atoms with Gasteiger partial charge in [-0.1, -0.05) is 0 Å². The summed E-state index contributed by atoms with van der Waals surface area (Å²) in [6.45, 7) is 0. The Balaban J connectivity index is 0.00000220. The highest BCUT2D eigenvalue weighted by Gasteiger charge is 2.28. The zero-order chi connectivity index (χ0) is 14.7. The van der Waals surface area contributed by atoms with Crippen molar-refractivity contribution < 1.29 is 14.3 Å². The van der Waals surface area contributed by atoms with Crippen molar-refractivity contribution in [2.24, 2.45) is 17.4 Å². The number of hydrogen-bond acceptors (Lipinski definition) is 5. The molecule has 1 heterocycles. The van der Waals surface area contributed by atoms with Crippen molar-refractivity contribution in [3.63, 3.8) is 0 Å². The molecule has 0 aromatic carbocycles. The number of halogens is 2. The lowest BCUT2D eigenvalue weighted by Crippen LogP contribution is -2.23. The molecule has 1 aromatic heterocycles. The molecule has 22 heavy (non-hydrogen) atoms. The molecular formula is C13H20Cl2N4O3. The SMILES string of the molecule is COc1ncc(NC(=O)C2CCC(N)C2)cc1C(N)=O.Cl.Cl. The zero-order valence-corrected chi connectivity index (χ0v) is 13.7. The number of anilines is 1. The van der Waals surface area contributed by atoms with Crippen LogP contribution < -0.4 is 21.5 Å². The summed E-state index contributed by atoms with van der Waals surface area (Å²) < 4.78 is 4.94. The van der Waals surface area contributed by atoms with E-state index in [1.807, 2.05) is 0 Å². The first-order valence-corrected chi connectivity index (χ1v) is 6.41. The van der Waals surface area contributed by atoms with Crippen LogP contribution in [0.5, 0.6) is 5.88 Å². The fourth-order valence-corrected chi connectivity index (χ4v) is 2.36. The molecule has 0 radical (unpaired) electrons. The number of carbonyl (C=O) groups excluding carboxylic acids is 2. The molecule has 9 heteroatoms. The van der Waals surface area contributed by atoms with Gasteiger partial charge in [0, 0.05) is 12.0 Å². The molecule has 1 saturated carbocycles. The molecule has 2 rings (SSSR count). The highest BCUT2D eigenvalue weighted by Crippen LogP contribution is 2.26. The third-order valence-electron chi connectivity index (χ3n) is 3.42. The van der Waals surface area contributed by atoms with Crippen LogP contribution in [0.25, 0.3) is 0 Å². The van der Waals surface area contributed by atoms with E-state index in [1.54, 1.807) is 0 Å². The topological polar surface area (TPSA) is 120 Å². The van der Waals surface area contributed by atoms with Gasteiger partial charge in [-0.25, -0.2) is 4.98 Å². The number of carbonyl (C=O) groups is 2. The number of methoxy groups -OCH3 is 1. The van der Waals surface area contributed by atoms with Crippen LogP contribution in [-0.4, -0.2) is 29.9 Å². The number of hydrogen-bond donors (Lipinski definition) is 3. The fourth-order valence-electron chi connectivity index (χ4n) is 2.36. The highest BCUT2D eigenvalue weighted by atomic mass is 35.5. The fraction of sp³-hybridized carbons (Fsp3) is 0.462. The largest absolute Gasteiger partial charge is 0.480 e. The molecule has 2 amide bonds. The second-order valence-corrected chi connectivity index (χ2v) is 4.90. The van der Waals surface area contributed by atoms with E-state index >= 15 is 0 Å². The molecule has 1 aliphatic carbocycles. The summed E-state index contributed by atoms with van der Waals surface area (Å²) in [5.41, 5.74) is 11.6. The Morgan fingerprint density at radius 1 is 1.36 bits per heavy atom. The summed E-state index contributed by atoms with van der Waals surface area (Å²) in [7, 11) is 1.40. The molecule has 1 aliphatic rings. The van der Waals surface area contributed by atoms with E-state index in [4.69, 9.17) is 16.2 Å². The molecule has 0 aliphatic heterocycles. The van der Waals surface area contributed by atoms with Crippen molar-refractivity contribution in [1.82, 2.24) is 4.98 Å². The molecule has 0 spiro atoms. The van der Waals surface area contributed by atoms with Crippen LogP contribution >= 0.6 is 24.8 Å². The summed E-state index contributed by atoms with van der Waals surface area (Å²) in [6, 6.07) is 1.54. The Kier molecular flexibility index (Phi) is 8.15. The van der Waals surface area contributed by atoms with E-state index in [2.05, 4.69) is 10.3 Å². The van der Waals surface area contributed by atoms with E-state index < -0.39 is 5.91 Å². The molecule has 0 saturated heterocycles. The summed E-state index contributed by atoms with van der Waals surface area (Å²) in [5.74, 6) is -0.726. The Bertz CT molecular complexity index is 542. The van der Waals surface area contributed by atoms with Crippen LogP contribution in [0.4, 0.5) is 5.69 Å². The van der Waals surface area contributed by atoms with Crippen molar-refractivity contribution in [1.29, 1.82) is 0 Å². The van der Waals surface area contributed by atoms with E-state index in [9.17, 15) is 9.59 Å². The summed E-state index contributed by atoms with van der Waals surface area (Å²) >= 11 is 0. The smallest absolute Gasteiger partial charge is 0.254 e. The number of aromatic nitrogens is 1. The van der Waals surface area contributed by atoms with Gasteiger partial charge in [0.2, 0.25) is 11.8 Å². The number of pyridine rings is 1. The number of primary amides is 1. The van der Waals surface area contributed by atoms with Crippen LogP contribution in [0.2, 0.25) is 0 Å². The van der Waals surface area contributed by atoms with Gasteiger partial charge in [0.15, 0.2) is 0 Å². The second-order valence-electron chi connectivity index (χ2n) is 4.90. The van der Waals surface area contributed by atoms with E-state index in [-0.39, 0.29) is 54.1 Å². The number of amides is 2. The summed E-state index contributed by atoms with van der Waals surface area (Å²) in [6.07, 6.45) is 3.74. The van der Waals surface area contributed by atoms with Crippen molar-refractivity contribution >= 4 is 42.3 Å². The van der Waals surface area contributed by atoms with Crippen LogP contribution in [0.15, 0.2) is 12.3 Å². The first-order valence-electron chi connectivity index (χ1n) is 6.41. The molecule has 1 aromatic rings. The van der Waals surface area contributed by atoms with E-state index in [1.165, 1.54) is 19.4 Å². The monoisotopic (exact) mass is 350 g/mol. The molecule has 0 bridgehead atoms. The molecule has 1 fully saturated rings. The molecular weight excluding hydrogens is 331 g/mol. The van der Waals surface area contributed by atoms with Gasteiger partial charge in [-0.05, 0) is 25.3 Å². The number of ether oxygens (including phenoxy) is 1. The number of rotatable bonds is 4. The molecule has 2 unspecified atom stereocenters. The predicted molar refractivity (Wildman–Crippen MR) is 87.7 cm³/mol. The minimum absolute atomic E-state index is 0. The van der Waals surface area contributed by atoms with Crippen LogP contribution in [0, 0.1) is 5.92 Å². The van der Waals surface area contributed by atoms with Crippen LogP contribution in [0.3, 0.4) is 0 Å². The summed E-state index contributed by atoms with van der Waals surface area (Å²) in [4.78, 5) is 27.3. The van der Waals surface area contributed by atoms with Crippen molar-refractivity contribution in [2.45, 2.75) is 25.3 Å². The summed E-state index contributed by atoms with van der Waals surface area (Å²) in [5, 5.41) is 2.73. The third-order valence-corrected chi connectivity index (χ3v) is 3.42. The normalized spacial score (nSPS) is 19.5. The minimum atomic E-state index is -0.659. The van der Waals surface area contributed by atoms with Crippen LogP contribution in [-0.2, 0) is 4.79 Å². The maximum absolute atomic E-state index is 12.1. The van der Waals surface area contributed by atoms with Gasteiger partial charge in [-0.3, -0.25) is 9.59 Å². The molecule has 7 nitrogen and oxygen atoms in total. The highest BCUT2D eigenvalue weighted by molar-refractivity contribution is 5.98. The Morgan fingerprint density at radius 2 is 2.05 bits per heavy atom. The first kappa shape index (κ1) is 20.4. The maximum atomic E-state index is 12.1. The molecule has 124 valence electrons. The van der Waals surface area contributed by atoms with Crippen molar-refractivity contribution in [3.8, 4) is 5.88 Å². The molecule has 5 N–H and O–H groups in total. The molecule has 2 atom stereocenters. The van der Waals surface area contributed by atoms with Crippen LogP contribution in [0.1, 0.15) is 29.6 Å². The average Bonchev–Trinajstić information content (AvgIpc) is 2.85. The van der Waals surface area contributed by atoms with Crippen molar-refractivity contribution in [3.05, 3.63) is 17.8 Å². The lowest BCUT2D eigenvalue weighted by atomic mass is 10.1. The van der Waals surface area contributed by atoms with Gasteiger partial charge < -0.3 is 21.5 Å². The average molecular weight is 351 g/mol. The van der Waals surface area contributed by atoms with Crippen molar-refractivity contribution in [2.75, 3.05) is 12.4 Å². The van der Waals surface area contributed by atoms with Gasteiger partial charge >= 0.3 is 0 Å². The van der Waals surface area contributed by atoms with Gasteiger partial charge in [0.1, 0.15) is 5.56 Å². The Labute approximate surface area is 141 Å². The van der Waals surface area contributed by atoms with E-state index in [0.717, 1.165) is 12.8 Å². The second kappa shape index (κ2) is 8.77. The van der Waals surface area contributed by atoms with Gasteiger partial charge in [0.25, 0.3) is 5.91 Å². The standard InChI is InChI=1S/C13H18N4O3.2ClH/c1-20-13-10(11(15)18)5-9(6-16-13)17-12(19)7-2-3-8(14)4-7;;/h5-8H,2-4,14H2,1H3,(H2,15,18)(H,17,19);2*1H. The Hall–Kier alpha value is -1.57. The lowest BCUT2D eigenvalue weighted by Gasteiger charge is -2.12. The van der Waals surface area contributed by atoms with Gasteiger partial charge in [-0.15, -0.1) is 24.8 Å². The Morgan fingerprint density at radius 3 is 2.55 bits per heavy atom.